The van der Waals surface area contributed by atoms with E-state index < -0.39 is 0 Å². The van der Waals surface area contributed by atoms with E-state index in [0.29, 0.717) is 18.8 Å². The number of hydrogen-bond donors (Lipinski definition) is 2. The third-order valence-corrected chi connectivity index (χ3v) is 5.20. The molecule has 9 nitrogen and oxygen atoms in total. The molecule has 4 amide bonds. The van der Waals surface area contributed by atoms with Crippen LogP contribution in [-0.4, -0.2) is 73.0 Å². The molecule has 2 aromatic rings. The van der Waals surface area contributed by atoms with Gasteiger partial charge in [-0.05, 0) is 50.2 Å². The smallest absolute Gasteiger partial charge is 0.317 e. The van der Waals surface area contributed by atoms with Gasteiger partial charge in [0, 0.05) is 50.1 Å². The number of furan rings is 1. The van der Waals surface area contributed by atoms with Crippen molar-refractivity contribution in [3.63, 3.8) is 0 Å². The summed E-state index contributed by atoms with van der Waals surface area (Å²) in [6.45, 7) is 10.4. The molecule has 1 aliphatic heterocycles. The largest absolute Gasteiger partial charge is 0.459 e. The number of carbonyl (C=O) groups excluding carboxylic acids is 3. The Labute approximate surface area is 194 Å². The summed E-state index contributed by atoms with van der Waals surface area (Å²) in [5.74, 6) is -0.503. The third-order valence-electron chi connectivity index (χ3n) is 5.20. The highest BCUT2D eigenvalue weighted by Gasteiger charge is 2.22. The topological polar surface area (TPSA) is 98.1 Å². The number of piperazine rings is 1. The van der Waals surface area contributed by atoms with E-state index in [4.69, 9.17) is 4.42 Å². The lowest BCUT2D eigenvalue weighted by molar-refractivity contribution is -0.116. The van der Waals surface area contributed by atoms with Gasteiger partial charge in [-0.3, -0.25) is 9.59 Å². The van der Waals surface area contributed by atoms with Gasteiger partial charge < -0.3 is 29.8 Å². The fourth-order valence-electron chi connectivity index (χ4n) is 3.57. The van der Waals surface area contributed by atoms with Crippen molar-refractivity contribution in [3.8, 4) is 0 Å². The minimum Gasteiger partial charge on any atom is -0.459 e. The maximum atomic E-state index is 12.5. The van der Waals surface area contributed by atoms with Crippen molar-refractivity contribution in [3.05, 3.63) is 61.1 Å². The predicted molar refractivity (Wildman–Crippen MR) is 127 cm³/mol. The molecule has 0 radical (unpaired) electrons. The van der Waals surface area contributed by atoms with Gasteiger partial charge >= 0.3 is 6.03 Å². The van der Waals surface area contributed by atoms with Crippen LogP contribution in [0.3, 0.4) is 0 Å². The second-order valence-electron chi connectivity index (χ2n) is 8.12. The van der Waals surface area contributed by atoms with Crippen LogP contribution < -0.4 is 15.5 Å². The van der Waals surface area contributed by atoms with Gasteiger partial charge in [0.05, 0.1) is 6.26 Å². The van der Waals surface area contributed by atoms with E-state index in [0.717, 1.165) is 18.8 Å². The van der Waals surface area contributed by atoms with Crippen molar-refractivity contribution in [2.45, 2.75) is 19.9 Å². The van der Waals surface area contributed by atoms with Gasteiger partial charge in [-0.1, -0.05) is 6.08 Å². The van der Waals surface area contributed by atoms with Crippen LogP contribution in [0.15, 0.2) is 59.7 Å². The first-order valence-electron chi connectivity index (χ1n) is 11.0. The molecule has 0 spiro atoms. The number of nitrogens with one attached hydrogen (secondary N) is 2. The van der Waals surface area contributed by atoms with Crippen LogP contribution >= 0.6 is 0 Å². The first kappa shape index (κ1) is 23.9. The molecule has 9 heteroatoms. The van der Waals surface area contributed by atoms with Gasteiger partial charge in [0.25, 0.3) is 5.91 Å². The summed E-state index contributed by atoms with van der Waals surface area (Å²) < 4.78 is 5.14. The number of nitrogens with zero attached hydrogens (tertiary/aromatic N) is 3. The Balaban J connectivity index is 1.52. The number of amides is 4. The van der Waals surface area contributed by atoms with Gasteiger partial charge in [-0.15, -0.1) is 6.58 Å². The molecular weight excluding hydrogens is 422 g/mol. The van der Waals surface area contributed by atoms with Crippen molar-refractivity contribution in [1.29, 1.82) is 0 Å². The Morgan fingerprint density at radius 3 is 2.39 bits per heavy atom. The molecule has 1 aromatic carbocycles. The number of anilines is 2. The normalized spacial score (nSPS) is 13.5. The van der Waals surface area contributed by atoms with Crippen LogP contribution in [0.5, 0.6) is 0 Å². The van der Waals surface area contributed by atoms with Crippen molar-refractivity contribution < 1.29 is 18.8 Å². The minimum atomic E-state index is -0.369. The number of rotatable bonds is 8. The summed E-state index contributed by atoms with van der Waals surface area (Å²) >= 11 is 0. The molecule has 1 fully saturated rings. The lowest BCUT2D eigenvalue weighted by Crippen LogP contribution is -2.52. The monoisotopic (exact) mass is 453 g/mol. The fourth-order valence-corrected chi connectivity index (χ4v) is 3.57. The van der Waals surface area contributed by atoms with Crippen molar-refractivity contribution >= 4 is 29.2 Å². The van der Waals surface area contributed by atoms with Crippen LogP contribution in [0.1, 0.15) is 24.4 Å². The van der Waals surface area contributed by atoms with E-state index in [9.17, 15) is 14.4 Å². The van der Waals surface area contributed by atoms with Gasteiger partial charge in [0.15, 0.2) is 5.76 Å². The molecule has 0 saturated carbocycles. The number of hydrogen-bond acceptors (Lipinski definition) is 5. The van der Waals surface area contributed by atoms with Crippen molar-refractivity contribution in [1.82, 2.24) is 15.1 Å². The Hall–Kier alpha value is -3.75. The molecule has 0 aliphatic carbocycles. The van der Waals surface area contributed by atoms with Crippen LogP contribution in [0.4, 0.5) is 16.2 Å². The Morgan fingerprint density at radius 1 is 1.12 bits per heavy atom. The molecule has 0 atom stereocenters. The van der Waals surface area contributed by atoms with Gasteiger partial charge in [-0.2, -0.15) is 0 Å². The highest BCUT2D eigenvalue weighted by atomic mass is 16.3. The number of carbonyl (C=O) groups is 3. The van der Waals surface area contributed by atoms with Gasteiger partial charge in [0.1, 0.15) is 6.54 Å². The third kappa shape index (κ3) is 6.61. The second kappa shape index (κ2) is 11.2. The lowest BCUT2D eigenvalue weighted by Gasteiger charge is -2.36. The SMILES string of the molecule is C=CCN(CC(=O)Nc1ccc(N2CCN(C(=O)NC(C)C)CC2)cc1)C(=O)c1ccco1. The van der Waals surface area contributed by atoms with Gasteiger partial charge in [0.2, 0.25) is 5.91 Å². The molecule has 0 unspecified atom stereocenters. The summed E-state index contributed by atoms with van der Waals surface area (Å²) in [6, 6.07) is 10.8. The van der Waals surface area contributed by atoms with E-state index in [1.807, 2.05) is 43.0 Å². The van der Waals surface area contributed by atoms with E-state index in [1.54, 1.807) is 18.2 Å². The quantitative estimate of drug-likeness (QED) is 0.599. The van der Waals surface area contributed by atoms with E-state index in [1.165, 1.54) is 11.2 Å². The van der Waals surface area contributed by atoms with E-state index in [2.05, 4.69) is 22.1 Å². The molecule has 1 aromatic heterocycles. The summed E-state index contributed by atoms with van der Waals surface area (Å²) in [4.78, 5) is 42.5. The predicted octanol–water partition coefficient (Wildman–Crippen LogP) is 2.79. The summed E-state index contributed by atoms with van der Waals surface area (Å²) in [7, 11) is 0. The maximum absolute atomic E-state index is 12.5. The standard InChI is InChI=1S/C24H31N5O4/c1-4-11-29(23(31)21-6-5-16-33-21)17-22(30)26-19-7-9-20(10-8-19)27-12-14-28(15-13-27)24(32)25-18(2)3/h4-10,16,18H,1,11-15,17H2,2-3H3,(H,25,32)(H,26,30). The Morgan fingerprint density at radius 2 is 1.82 bits per heavy atom. The molecule has 1 aliphatic rings. The van der Waals surface area contributed by atoms with E-state index >= 15 is 0 Å². The number of benzene rings is 1. The summed E-state index contributed by atoms with van der Waals surface area (Å²) in [5.41, 5.74) is 1.67. The maximum Gasteiger partial charge on any atom is 0.317 e. The van der Waals surface area contributed by atoms with Crippen LogP contribution in [0.25, 0.3) is 0 Å². The van der Waals surface area contributed by atoms with Crippen molar-refractivity contribution in [2.24, 2.45) is 0 Å². The molecule has 3 rings (SSSR count). The zero-order valence-electron chi connectivity index (χ0n) is 19.1. The Kier molecular flexibility index (Phi) is 8.12. The molecule has 2 heterocycles. The minimum absolute atomic E-state index is 0.0289. The highest BCUT2D eigenvalue weighted by Crippen LogP contribution is 2.20. The first-order valence-corrected chi connectivity index (χ1v) is 11.0. The molecule has 1 saturated heterocycles. The van der Waals surface area contributed by atoms with Crippen LogP contribution in [0, 0.1) is 0 Å². The van der Waals surface area contributed by atoms with Crippen LogP contribution in [0.2, 0.25) is 0 Å². The molecule has 2 N–H and O–H groups in total. The average molecular weight is 454 g/mol. The van der Waals surface area contributed by atoms with E-state index in [-0.39, 0.29) is 42.7 Å². The summed E-state index contributed by atoms with van der Waals surface area (Å²) in [6.07, 6.45) is 2.98. The van der Waals surface area contributed by atoms with Crippen LogP contribution in [-0.2, 0) is 4.79 Å². The Bertz CT molecular complexity index is 948. The molecule has 0 bridgehead atoms. The molecule has 33 heavy (non-hydrogen) atoms. The van der Waals surface area contributed by atoms with Gasteiger partial charge in [-0.25, -0.2) is 4.79 Å². The molecule has 176 valence electrons. The zero-order valence-corrected chi connectivity index (χ0v) is 19.1. The second-order valence-corrected chi connectivity index (χ2v) is 8.12. The zero-order chi connectivity index (χ0) is 23.8. The molecular formula is C24H31N5O4. The summed E-state index contributed by atoms with van der Waals surface area (Å²) in [5, 5.41) is 5.75. The lowest BCUT2D eigenvalue weighted by atomic mass is 10.2. The van der Waals surface area contributed by atoms with Crippen molar-refractivity contribution in [2.75, 3.05) is 49.5 Å². The first-order chi connectivity index (χ1) is 15.9. The number of urea groups is 1. The average Bonchev–Trinajstić information content (AvgIpc) is 3.33. The highest BCUT2D eigenvalue weighted by molar-refractivity contribution is 5.98. The fraction of sp³-hybridized carbons (Fsp3) is 0.375.